The van der Waals surface area contributed by atoms with Gasteiger partial charge in [-0.3, -0.25) is 4.79 Å². The molecule has 1 N–H and O–H groups in total. The van der Waals surface area contributed by atoms with E-state index in [2.05, 4.69) is 4.90 Å². The summed E-state index contributed by atoms with van der Waals surface area (Å²) in [5.74, 6) is 0.360. The third-order valence-electron chi connectivity index (χ3n) is 4.74. The molecule has 1 aromatic rings. The van der Waals surface area contributed by atoms with Gasteiger partial charge in [-0.1, -0.05) is 17.7 Å². The molecule has 1 heterocycles. The fraction of sp³-hybridized carbons (Fsp3) is 0.611. The lowest BCUT2D eigenvalue weighted by Crippen LogP contribution is -2.33. The second-order valence-electron chi connectivity index (χ2n) is 6.63. The summed E-state index contributed by atoms with van der Waals surface area (Å²) >= 11 is 6.14. The summed E-state index contributed by atoms with van der Waals surface area (Å²) < 4.78 is 5.10. The summed E-state index contributed by atoms with van der Waals surface area (Å²) in [4.78, 5) is 16.7. The number of ether oxygens (including phenoxy) is 1. The lowest BCUT2D eigenvalue weighted by Gasteiger charge is -2.23. The zero-order valence-electron chi connectivity index (χ0n) is 14.7. The van der Waals surface area contributed by atoms with Crippen molar-refractivity contribution in [2.75, 3.05) is 53.6 Å². The number of methoxy groups -OCH3 is 1. The monoisotopic (exact) mass is 354 g/mol. The van der Waals surface area contributed by atoms with E-state index < -0.39 is 0 Å². The van der Waals surface area contributed by atoms with Gasteiger partial charge in [0.1, 0.15) is 0 Å². The smallest absolute Gasteiger partial charge is 0.253 e. The molecule has 0 aliphatic carbocycles. The van der Waals surface area contributed by atoms with E-state index >= 15 is 0 Å². The van der Waals surface area contributed by atoms with E-state index in [0.717, 1.165) is 18.7 Å². The van der Waals surface area contributed by atoms with Gasteiger partial charge in [0.2, 0.25) is 0 Å². The molecule has 0 aromatic heterocycles. The summed E-state index contributed by atoms with van der Waals surface area (Å²) in [6, 6.07) is 5.41. The highest BCUT2D eigenvalue weighted by atomic mass is 35.5. The molecule has 0 radical (unpaired) electrons. The van der Waals surface area contributed by atoms with Crippen molar-refractivity contribution in [1.29, 1.82) is 0 Å². The number of hydrogen-bond acceptors (Lipinski definition) is 4. The first-order chi connectivity index (χ1) is 11.5. The maximum atomic E-state index is 12.7. The average molecular weight is 355 g/mol. The van der Waals surface area contributed by atoms with Crippen LogP contribution in [0, 0.1) is 18.8 Å². The van der Waals surface area contributed by atoms with E-state index in [1.807, 2.05) is 31.0 Å². The predicted molar refractivity (Wildman–Crippen MR) is 95.5 cm³/mol. The Morgan fingerprint density at radius 3 is 2.75 bits per heavy atom. The van der Waals surface area contributed by atoms with E-state index in [4.69, 9.17) is 16.3 Å². The zero-order chi connectivity index (χ0) is 17.7. The number of halogens is 1. The molecule has 2 atom stereocenters. The van der Waals surface area contributed by atoms with Crippen LogP contribution in [-0.4, -0.2) is 74.4 Å². The minimum atomic E-state index is -0.0163. The van der Waals surface area contributed by atoms with Gasteiger partial charge in [0.15, 0.2) is 0 Å². The largest absolute Gasteiger partial charge is 0.396 e. The van der Waals surface area contributed by atoms with Gasteiger partial charge < -0.3 is 19.6 Å². The minimum absolute atomic E-state index is 0.0163. The first-order valence-electron chi connectivity index (χ1n) is 8.30. The lowest BCUT2D eigenvalue weighted by atomic mass is 9.96. The van der Waals surface area contributed by atoms with Crippen LogP contribution in [0.15, 0.2) is 18.2 Å². The highest BCUT2D eigenvalue weighted by molar-refractivity contribution is 6.31. The van der Waals surface area contributed by atoms with Gasteiger partial charge >= 0.3 is 0 Å². The highest BCUT2D eigenvalue weighted by Gasteiger charge is 2.35. The second kappa shape index (κ2) is 8.81. The van der Waals surface area contributed by atoms with Crippen LogP contribution < -0.4 is 0 Å². The third-order valence-corrected chi connectivity index (χ3v) is 5.15. The molecular weight excluding hydrogens is 328 g/mol. The summed E-state index contributed by atoms with van der Waals surface area (Å²) in [7, 11) is 3.73. The van der Waals surface area contributed by atoms with Crippen LogP contribution in [0.4, 0.5) is 0 Å². The van der Waals surface area contributed by atoms with Crippen LogP contribution in [0.2, 0.25) is 5.02 Å². The number of aliphatic hydroxyl groups excluding tert-OH is 1. The fourth-order valence-electron chi connectivity index (χ4n) is 3.17. The SMILES string of the molecule is COCCN(C)C[C@@H]1CN(C(=O)c2ccc(C)c(Cl)c2)C[C@@H]1CO. The molecule has 24 heavy (non-hydrogen) atoms. The Bertz CT molecular complexity index is 567. The molecule has 6 heteroatoms. The van der Waals surface area contributed by atoms with Crippen LogP contribution in [-0.2, 0) is 4.74 Å². The van der Waals surface area contributed by atoms with E-state index in [0.29, 0.717) is 30.3 Å². The van der Waals surface area contributed by atoms with E-state index in [1.165, 1.54) is 0 Å². The second-order valence-corrected chi connectivity index (χ2v) is 7.04. The van der Waals surface area contributed by atoms with Crippen LogP contribution in [0.1, 0.15) is 15.9 Å². The molecule has 2 rings (SSSR count). The zero-order valence-corrected chi connectivity index (χ0v) is 15.4. The summed E-state index contributed by atoms with van der Waals surface area (Å²) in [6.45, 7) is 5.62. The van der Waals surface area contributed by atoms with Crippen LogP contribution in [0.25, 0.3) is 0 Å². The first-order valence-corrected chi connectivity index (χ1v) is 8.67. The maximum absolute atomic E-state index is 12.7. The predicted octanol–water partition coefficient (Wildman–Crippen LogP) is 1.91. The summed E-state index contributed by atoms with van der Waals surface area (Å²) in [6.07, 6.45) is 0. The highest BCUT2D eigenvalue weighted by Crippen LogP contribution is 2.26. The number of likely N-dealkylation sites (tertiary alicyclic amines) is 1. The Morgan fingerprint density at radius 2 is 2.12 bits per heavy atom. The molecule has 0 bridgehead atoms. The molecular formula is C18H27ClN2O3. The van der Waals surface area contributed by atoms with Gasteiger partial charge in [0, 0.05) is 56.4 Å². The number of carbonyl (C=O) groups is 1. The molecule has 0 unspecified atom stereocenters. The standard InChI is InChI=1S/C18H27ClN2O3/c1-13-4-5-14(8-17(13)19)18(23)21-10-15(16(11-21)12-22)9-20(2)6-7-24-3/h4-5,8,15-16,22H,6-7,9-12H2,1-3H3/t15-,16-/m1/s1. The Hall–Kier alpha value is -1.14. The number of carbonyl (C=O) groups excluding carboxylic acids is 1. The Kier molecular flexibility index (Phi) is 7.04. The Labute approximate surface area is 149 Å². The molecule has 1 saturated heterocycles. The normalized spacial score (nSPS) is 20.8. The number of benzene rings is 1. The number of aryl methyl sites for hydroxylation is 1. The number of rotatable bonds is 7. The molecule has 1 aliphatic heterocycles. The Balaban J connectivity index is 2.01. The molecule has 1 aromatic carbocycles. The topological polar surface area (TPSA) is 53.0 Å². The van der Waals surface area contributed by atoms with Crippen molar-refractivity contribution >= 4 is 17.5 Å². The average Bonchev–Trinajstić information content (AvgIpc) is 2.97. The van der Waals surface area contributed by atoms with Crippen molar-refractivity contribution in [3.63, 3.8) is 0 Å². The lowest BCUT2D eigenvalue weighted by molar-refractivity contribution is 0.0778. The summed E-state index contributed by atoms with van der Waals surface area (Å²) in [5, 5.41) is 10.3. The molecule has 1 aliphatic rings. The number of aliphatic hydroxyl groups is 1. The molecule has 1 amide bonds. The maximum Gasteiger partial charge on any atom is 0.253 e. The number of amides is 1. The first kappa shape index (κ1) is 19.2. The molecule has 134 valence electrons. The van der Waals surface area contributed by atoms with Crippen molar-refractivity contribution in [3.8, 4) is 0 Å². The van der Waals surface area contributed by atoms with E-state index in [9.17, 15) is 9.90 Å². The van der Waals surface area contributed by atoms with Crippen molar-refractivity contribution in [2.45, 2.75) is 6.92 Å². The summed E-state index contributed by atoms with van der Waals surface area (Å²) in [5.41, 5.74) is 1.57. The van der Waals surface area contributed by atoms with Gasteiger partial charge in [-0.15, -0.1) is 0 Å². The van der Waals surface area contributed by atoms with Crippen molar-refractivity contribution in [2.24, 2.45) is 11.8 Å². The third kappa shape index (κ3) is 4.70. The van der Waals surface area contributed by atoms with Crippen molar-refractivity contribution in [1.82, 2.24) is 9.80 Å². The van der Waals surface area contributed by atoms with Gasteiger partial charge in [-0.05, 0) is 37.6 Å². The van der Waals surface area contributed by atoms with Gasteiger partial charge in [-0.2, -0.15) is 0 Å². The van der Waals surface area contributed by atoms with E-state index in [-0.39, 0.29) is 24.3 Å². The van der Waals surface area contributed by atoms with Crippen LogP contribution in [0.3, 0.4) is 0 Å². The van der Waals surface area contributed by atoms with Gasteiger partial charge in [-0.25, -0.2) is 0 Å². The fourth-order valence-corrected chi connectivity index (χ4v) is 3.35. The van der Waals surface area contributed by atoms with Crippen molar-refractivity contribution in [3.05, 3.63) is 34.3 Å². The van der Waals surface area contributed by atoms with E-state index in [1.54, 1.807) is 13.2 Å². The number of likely N-dealkylation sites (N-methyl/N-ethyl adjacent to an activating group) is 1. The Morgan fingerprint density at radius 1 is 1.42 bits per heavy atom. The number of hydrogen-bond donors (Lipinski definition) is 1. The van der Waals surface area contributed by atoms with Crippen LogP contribution in [0.5, 0.6) is 0 Å². The molecule has 1 fully saturated rings. The molecule has 0 saturated carbocycles. The van der Waals surface area contributed by atoms with Crippen LogP contribution >= 0.6 is 11.6 Å². The molecule has 5 nitrogen and oxygen atoms in total. The quantitative estimate of drug-likeness (QED) is 0.812. The van der Waals surface area contributed by atoms with Gasteiger partial charge in [0.05, 0.1) is 6.61 Å². The van der Waals surface area contributed by atoms with Crippen molar-refractivity contribution < 1.29 is 14.6 Å². The van der Waals surface area contributed by atoms with Gasteiger partial charge in [0.25, 0.3) is 5.91 Å². The minimum Gasteiger partial charge on any atom is -0.396 e. The number of nitrogens with zero attached hydrogens (tertiary/aromatic N) is 2. The molecule has 0 spiro atoms.